The fraction of sp³-hybridized carbons (Fsp3) is 0.0556. The van der Waals surface area contributed by atoms with Gasteiger partial charge in [0, 0.05) is 23.3 Å². The van der Waals surface area contributed by atoms with E-state index in [0.717, 1.165) is 0 Å². The van der Waals surface area contributed by atoms with Gasteiger partial charge in [0.05, 0.1) is 12.6 Å². The molecule has 26 heavy (non-hydrogen) atoms. The van der Waals surface area contributed by atoms with Gasteiger partial charge < -0.3 is 25.7 Å². The summed E-state index contributed by atoms with van der Waals surface area (Å²) in [7, 11) is 1.39. The quantitative estimate of drug-likeness (QED) is 0.419. The molecule has 1 heterocycles. The lowest BCUT2D eigenvalue weighted by molar-refractivity contribution is 0.0635. The predicted molar refractivity (Wildman–Crippen MR) is 94.2 cm³/mol. The van der Waals surface area contributed by atoms with Crippen LogP contribution in [0.15, 0.2) is 48.7 Å². The van der Waals surface area contributed by atoms with Crippen LogP contribution < -0.4 is 20.9 Å². The standard InChI is InChI=1S/C18H15N3O5/c1-24-16-9-14-12(8-13(16)17(22)26-18(20)23)15(6-7-21-14)25-11-4-2-10(19)3-5-11/h2-9H,19H2,1H3,(H2,20,23). The number of benzene rings is 2. The third-order valence-electron chi connectivity index (χ3n) is 3.54. The van der Waals surface area contributed by atoms with E-state index >= 15 is 0 Å². The van der Waals surface area contributed by atoms with Crippen LogP contribution in [0.5, 0.6) is 17.2 Å². The molecule has 0 bridgehead atoms. The van der Waals surface area contributed by atoms with Crippen molar-refractivity contribution in [2.24, 2.45) is 5.73 Å². The maximum absolute atomic E-state index is 12.1. The van der Waals surface area contributed by atoms with Crippen molar-refractivity contribution in [2.45, 2.75) is 0 Å². The monoisotopic (exact) mass is 353 g/mol. The molecule has 132 valence electrons. The Labute approximate surface area is 148 Å². The summed E-state index contributed by atoms with van der Waals surface area (Å²) >= 11 is 0. The molecule has 0 aliphatic rings. The number of hydrogen-bond donors (Lipinski definition) is 2. The number of amides is 1. The molecule has 0 aliphatic heterocycles. The average molecular weight is 353 g/mol. The second kappa shape index (κ2) is 6.98. The van der Waals surface area contributed by atoms with Crippen LogP contribution in [-0.2, 0) is 4.74 Å². The molecule has 1 amide bonds. The van der Waals surface area contributed by atoms with Crippen LogP contribution in [0.1, 0.15) is 10.4 Å². The molecule has 3 aromatic rings. The van der Waals surface area contributed by atoms with Gasteiger partial charge >= 0.3 is 12.1 Å². The summed E-state index contributed by atoms with van der Waals surface area (Å²) in [5.41, 5.74) is 11.7. The van der Waals surface area contributed by atoms with Gasteiger partial charge in [0.2, 0.25) is 0 Å². The normalized spacial score (nSPS) is 10.3. The van der Waals surface area contributed by atoms with Crippen molar-refractivity contribution >= 4 is 28.7 Å². The first-order chi connectivity index (χ1) is 12.5. The number of rotatable bonds is 4. The van der Waals surface area contributed by atoms with E-state index in [0.29, 0.717) is 28.1 Å². The van der Waals surface area contributed by atoms with Crippen LogP contribution in [0.4, 0.5) is 10.5 Å². The number of fused-ring (bicyclic) bond motifs is 1. The highest BCUT2D eigenvalue weighted by atomic mass is 16.6. The van der Waals surface area contributed by atoms with Crippen molar-refractivity contribution in [3.8, 4) is 17.2 Å². The SMILES string of the molecule is COc1cc2nccc(Oc3ccc(N)cc3)c2cc1C(=O)OC(N)=O. The first-order valence-corrected chi connectivity index (χ1v) is 7.49. The fourth-order valence-electron chi connectivity index (χ4n) is 2.37. The number of anilines is 1. The van der Waals surface area contributed by atoms with E-state index in [9.17, 15) is 9.59 Å². The third-order valence-corrected chi connectivity index (χ3v) is 3.54. The lowest BCUT2D eigenvalue weighted by Gasteiger charge is -2.12. The third kappa shape index (κ3) is 3.48. The van der Waals surface area contributed by atoms with Crippen LogP contribution in [0.3, 0.4) is 0 Å². The van der Waals surface area contributed by atoms with Crippen LogP contribution in [0.2, 0.25) is 0 Å². The minimum absolute atomic E-state index is 0.0222. The zero-order chi connectivity index (χ0) is 18.7. The number of nitrogens with two attached hydrogens (primary N) is 2. The maximum Gasteiger partial charge on any atom is 0.412 e. The van der Waals surface area contributed by atoms with Crippen molar-refractivity contribution in [1.29, 1.82) is 0 Å². The largest absolute Gasteiger partial charge is 0.496 e. The summed E-state index contributed by atoms with van der Waals surface area (Å²) in [5.74, 6) is 0.277. The topological polar surface area (TPSA) is 127 Å². The summed E-state index contributed by atoms with van der Waals surface area (Å²) in [4.78, 5) is 27.2. The van der Waals surface area contributed by atoms with E-state index in [4.69, 9.17) is 20.9 Å². The van der Waals surface area contributed by atoms with Gasteiger partial charge in [-0.2, -0.15) is 0 Å². The van der Waals surface area contributed by atoms with Crippen molar-refractivity contribution in [1.82, 2.24) is 4.98 Å². The molecule has 0 spiro atoms. The number of esters is 1. The molecule has 8 nitrogen and oxygen atoms in total. The summed E-state index contributed by atoms with van der Waals surface area (Å²) in [6.07, 6.45) is 0.359. The second-order valence-electron chi connectivity index (χ2n) is 5.26. The Bertz CT molecular complexity index is 986. The number of carbonyl (C=O) groups excluding carboxylic acids is 2. The molecule has 0 saturated carbocycles. The molecule has 2 aromatic carbocycles. The Morgan fingerprint density at radius 3 is 2.42 bits per heavy atom. The van der Waals surface area contributed by atoms with Gasteiger partial charge in [0.25, 0.3) is 0 Å². The van der Waals surface area contributed by atoms with Gasteiger partial charge in [-0.3, -0.25) is 4.98 Å². The van der Waals surface area contributed by atoms with Crippen molar-refractivity contribution in [3.05, 3.63) is 54.2 Å². The summed E-state index contributed by atoms with van der Waals surface area (Å²) in [5, 5.41) is 0.529. The smallest absolute Gasteiger partial charge is 0.412 e. The predicted octanol–water partition coefficient (Wildman–Crippen LogP) is 2.85. The van der Waals surface area contributed by atoms with Gasteiger partial charge in [-0.1, -0.05) is 0 Å². The first kappa shape index (κ1) is 17.0. The molecule has 1 aromatic heterocycles. The molecular weight excluding hydrogens is 338 g/mol. The van der Waals surface area contributed by atoms with Crippen LogP contribution in [0.25, 0.3) is 10.9 Å². The van der Waals surface area contributed by atoms with Gasteiger partial charge in [-0.25, -0.2) is 9.59 Å². The number of primary amides is 1. The lowest BCUT2D eigenvalue weighted by Crippen LogP contribution is -2.19. The van der Waals surface area contributed by atoms with Gasteiger partial charge in [0.15, 0.2) is 0 Å². The van der Waals surface area contributed by atoms with Gasteiger partial charge in [0.1, 0.15) is 22.8 Å². The number of nitrogens with zero attached hydrogens (tertiary/aromatic N) is 1. The second-order valence-corrected chi connectivity index (χ2v) is 5.26. The van der Waals surface area contributed by atoms with Crippen molar-refractivity contribution in [2.75, 3.05) is 12.8 Å². The molecule has 0 aliphatic carbocycles. The number of hydrogen-bond acceptors (Lipinski definition) is 7. The summed E-state index contributed by atoms with van der Waals surface area (Å²) in [6.45, 7) is 0. The minimum Gasteiger partial charge on any atom is -0.496 e. The molecular formula is C18H15N3O5. The van der Waals surface area contributed by atoms with Crippen molar-refractivity contribution in [3.63, 3.8) is 0 Å². The molecule has 4 N–H and O–H groups in total. The molecule has 0 unspecified atom stereocenters. The fourth-order valence-corrected chi connectivity index (χ4v) is 2.37. The number of nitrogen functional groups attached to an aromatic ring is 1. The molecule has 0 atom stereocenters. The van der Waals surface area contributed by atoms with E-state index in [1.807, 2.05) is 0 Å². The molecule has 0 saturated heterocycles. The highest BCUT2D eigenvalue weighted by Crippen LogP contribution is 2.33. The average Bonchev–Trinajstić information content (AvgIpc) is 2.62. The number of carbonyl (C=O) groups is 2. The van der Waals surface area contributed by atoms with E-state index in [1.54, 1.807) is 42.6 Å². The molecule has 0 fully saturated rings. The van der Waals surface area contributed by atoms with Gasteiger partial charge in [-0.05, 0) is 36.4 Å². The zero-order valence-corrected chi connectivity index (χ0v) is 13.8. The number of ether oxygens (including phenoxy) is 3. The Morgan fingerprint density at radius 1 is 1.04 bits per heavy atom. The van der Waals surface area contributed by atoms with Crippen LogP contribution in [0, 0.1) is 0 Å². The van der Waals surface area contributed by atoms with E-state index in [-0.39, 0.29) is 11.3 Å². The molecule has 0 radical (unpaired) electrons. The zero-order valence-electron chi connectivity index (χ0n) is 13.8. The Kier molecular flexibility index (Phi) is 4.57. The van der Waals surface area contributed by atoms with Crippen LogP contribution in [-0.4, -0.2) is 24.2 Å². The Hall–Kier alpha value is -3.81. The van der Waals surface area contributed by atoms with Crippen LogP contribution >= 0.6 is 0 Å². The Morgan fingerprint density at radius 2 is 1.77 bits per heavy atom. The lowest BCUT2D eigenvalue weighted by atomic mass is 10.1. The van der Waals surface area contributed by atoms with Gasteiger partial charge in [-0.15, -0.1) is 0 Å². The minimum atomic E-state index is -1.21. The Balaban J connectivity index is 2.08. The first-order valence-electron chi connectivity index (χ1n) is 7.49. The maximum atomic E-state index is 12.1. The number of aromatic nitrogens is 1. The van der Waals surface area contributed by atoms with E-state index in [1.165, 1.54) is 13.2 Å². The highest BCUT2D eigenvalue weighted by molar-refractivity contribution is 6.02. The number of pyridine rings is 1. The van der Waals surface area contributed by atoms with Crippen molar-refractivity contribution < 1.29 is 23.8 Å². The molecule has 8 heteroatoms. The molecule has 3 rings (SSSR count). The summed E-state index contributed by atoms with van der Waals surface area (Å²) < 4.78 is 15.5. The number of methoxy groups -OCH3 is 1. The van der Waals surface area contributed by atoms with E-state index in [2.05, 4.69) is 9.72 Å². The highest BCUT2D eigenvalue weighted by Gasteiger charge is 2.19. The summed E-state index contributed by atoms with van der Waals surface area (Å²) in [6, 6.07) is 11.5. The van der Waals surface area contributed by atoms with E-state index < -0.39 is 12.1 Å².